The van der Waals surface area contributed by atoms with E-state index in [2.05, 4.69) is 4.98 Å². The molecule has 0 unspecified atom stereocenters. The average Bonchev–Trinajstić information content (AvgIpc) is 2.41. The van der Waals surface area contributed by atoms with Gasteiger partial charge in [-0.3, -0.25) is 4.55 Å². The number of rotatable bonds is 1. The first-order valence-electron chi connectivity index (χ1n) is 4.08. The third-order valence-corrected chi connectivity index (χ3v) is 4.10. The molecular weight excluding hydrogens is 222 g/mol. The van der Waals surface area contributed by atoms with Crippen molar-refractivity contribution in [3.05, 3.63) is 14.9 Å². The zero-order valence-electron chi connectivity index (χ0n) is 7.47. The van der Waals surface area contributed by atoms with Crippen molar-refractivity contribution < 1.29 is 13.0 Å². The summed E-state index contributed by atoms with van der Waals surface area (Å²) < 4.78 is 31.5. The zero-order valence-corrected chi connectivity index (χ0v) is 9.10. The van der Waals surface area contributed by atoms with Crippen molar-refractivity contribution >= 4 is 33.6 Å². The van der Waals surface area contributed by atoms with E-state index in [-0.39, 0.29) is 0 Å². The molecule has 0 aliphatic heterocycles. The van der Waals surface area contributed by atoms with Crippen LogP contribution in [0.15, 0.2) is 0 Å². The van der Waals surface area contributed by atoms with Gasteiger partial charge in [0.25, 0.3) is 10.1 Å². The van der Waals surface area contributed by atoms with Crippen LogP contribution in [0.3, 0.4) is 0 Å². The van der Waals surface area contributed by atoms with Crippen molar-refractivity contribution in [2.75, 3.05) is 0 Å². The summed E-state index contributed by atoms with van der Waals surface area (Å²) in [6.07, 6.45) is 3.61. The molecule has 0 bridgehead atoms. The van der Waals surface area contributed by atoms with E-state index in [1.165, 1.54) is 11.3 Å². The van der Waals surface area contributed by atoms with Crippen LogP contribution >= 0.6 is 11.3 Å². The highest BCUT2D eigenvalue weighted by molar-refractivity contribution is 7.86. The van der Waals surface area contributed by atoms with E-state index < -0.39 is 15.4 Å². The fourth-order valence-corrected chi connectivity index (χ4v) is 3.06. The molecule has 0 aromatic carbocycles. The molecule has 0 radical (unpaired) electrons. The van der Waals surface area contributed by atoms with Gasteiger partial charge in [-0.05, 0) is 19.4 Å². The van der Waals surface area contributed by atoms with Gasteiger partial charge in [-0.15, -0.1) is 11.3 Å². The van der Waals surface area contributed by atoms with E-state index in [1.807, 2.05) is 6.92 Å². The highest BCUT2D eigenvalue weighted by Gasteiger charge is 2.21. The maximum atomic E-state index is 10.9. The van der Waals surface area contributed by atoms with Crippen LogP contribution in [-0.2, 0) is 10.1 Å². The minimum atomic E-state index is -3.97. The second-order valence-electron chi connectivity index (χ2n) is 3.14. The quantitative estimate of drug-likeness (QED) is 0.672. The standard InChI is InChI=1S/C8H9NO3S2/c1-5-9-7-3-2-6(14(10,11)12)4-8(7)13-5/h3-4,6H,2H2,1H3,(H,10,11,12)/t6-/m0/s1. The van der Waals surface area contributed by atoms with E-state index in [4.69, 9.17) is 4.55 Å². The zero-order chi connectivity index (χ0) is 10.3. The Balaban J connectivity index is 2.59. The first-order valence-corrected chi connectivity index (χ1v) is 6.40. The molecule has 1 N–H and O–H groups in total. The van der Waals surface area contributed by atoms with Gasteiger partial charge in [0.05, 0.1) is 14.9 Å². The molecule has 6 heteroatoms. The molecule has 1 atom stereocenters. The van der Waals surface area contributed by atoms with Gasteiger partial charge in [0.2, 0.25) is 0 Å². The van der Waals surface area contributed by atoms with Crippen molar-refractivity contribution in [1.29, 1.82) is 0 Å². The Morgan fingerprint density at radius 2 is 2.36 bits per heavy atom. The van der Waals surface area contributed by atoms with Gasteiger partial charge < -0.3 is 0 Å². The van der Waals surface area contributed by atoms with Crippen molar-refractivity contribution in [2.45, 2.75) is 18.6 Å². The summed E-state index contributed by atoms with van der Waals surface area (Å²) in [6.45, 7) is 1.87. The fraction of sp³-hybridized carbons (Fsp3) is 0.375. The Hall–Kier alpha value is -0.720. The second kappa shape index (κ2) is 3.15. The van der Waals surface area contributed by atoms with Crippen molar-refractivity contribution in [1.82, 2.24) is 4.98 Å². The molecular formula is C8H9NO3S2. The molecule has 1 aliphatic rings. The summed E-state index contributed by atoms with van der Waals surface area (Å²) in [5.74, 6) is 0. The maximum Gasteiger partial charge on any atom is 0.271 e. The van der Waals surface area contributed by atoms with Gasteiger partial charge in [0.1, 0.15) is 5.25 Å². The third kappa shape index (κ3) is 1.73. The lowest BCUT2D eigenvalue weighted by Crippen LogP contribution is -2.31. The molecule has 0 amide bonds. The number of fused-ring (bicyclic) bond motifs is 1. The van der Waals surface area contributed by atoms with Crippen molar-refractivity contribution in [2.24, 2.45) is 0 Å². The number of nitrogens with zero attached hydrogens (tertiary/aromatic N) is 1. The summed E-state index contributed by atoms with van der Waals surface area (Å²) in [7, 11) is -3.97. The molecule has 0 saturated carbocycles. The Morgan fingerprint density at radius 3 is 3.00 bits per heavy atom. The van der Waals surface area contributed by atoms with Crippen LogP contribution in [0.4, 0.5) is 0 Å². The fourth-order valence-electron chi connectivity index (χ4n) is 1.40. The Bertz CT molecular complexity index is 570. The van der Waals surface area contributed by atoms with Gasteiger partial charge in [0.15, 0.2) is 0 Å². The van der Waals surface area contributed by atoms with Gasteiger partial charge in [0, 0.05) is 0 Å². The minimum Gasteiger partial charge on any atom is -0.285 e. The maximum absolute atomic E-state index is 10.9. The van der Waals surface area contributed by atoms with E-state index in [9.17, 15) is 8.42 Å². The molecule has 0 saturated heterocycles. The molecule has 76 valence electrons. The highest BCUT2D eigenvalue weighted by Crippen LogP contribution is 2.09. The second-order valence-corrected chi connectivity index (χ2v) is 6.01. The Morgan fingerprint density at radius 1 is 1.64 bits per heavy atom. The third-order valence-electron chi connectivity index (χ3n) is 2.05. The van der Waals surface area contributed by atoms with Crippen LogP contribution in [0.1, 0.15) is 11.4 Å². The van der Waals surface area contributed by atoms with Gasteiger partial charge in [-0.2, -0.15) is 8.42 Å². The molecule has 2 rings (SSSR count). The number of hydrogen-bond donors (Lipinski definition) is 1. The lowest BCUT2D eigenvalue weighted by Gasteiger charge is -2.07. The summed E-state index contributed by atoms with van der Waals surface area (Å²) in [4.78, 5) is 4.22. The molecule has 0 fully saturated rings. The SMILES string of the molecule is Cc1nc2c(s1)=C[C@@H](S(=O)(=O)O)CC=2. The molecule has 1 aromatic heterocycles. The van der Waals surface area contributed by atoms with E-state index >= 15 is 0 Å². The summed E-state index contributed by atoms with van der Waals surface area (Å²) in [5.41, 5.74) is 0. The molecule has 4 nitrogen and oxygen atoms in total. The van der Waals surface area contributed by atoms with Crippen LogP contribution in [0, 0.1) is 6.92 Å². The summed E-state index contributed by atoms with van der Waals surface area (Å²) >= 11 is 1.44. The van der Waals surface area contributed by atoms with E-state index in [1.54, 1.807) is 12.2 Å². The predicted octanol–water partition coefficient (Wildman–Crippen LogP) is -0.327. The van der Waals surface area contributed by atoms with Crippen LogP contribution < -0.4 is 9.88 Å². The summed E-state index contributed by atoms with van der Waals surface area (Å²) in [6, 6.07) is 0. The topological polar surface area (TPSA) is 67.3 Å². The van der Waals surface area contributed by atoms with Crippen molar-refractivity contribution in [3.63, 3.8) is 0 Å². The van der Waals surface area contributed by atoms with Gasteiger partial charge in [-0.1, -0.05) is 6.08 Å². The number of thiazole rings is 1. The number of aromatic nitrogens is 1. The van der Waals surface area contributed by atoms with Crippen LogP contribution in [0.25, 0.3) is 12.2 Å². The molecule has 14 heavy (non-hydrogen) atoms. The Kier molecular flexibility index (Phi) is 2.21. The molecule has 1 heterocycles. The molecule has 1 aromatic rings. The first-order chi connectivity index (χ1) is 6.47. The van der Waals surface area contributed by atoms with E-state index in [0.29, 0.717) is 6.42 Å². The van der Waals surface area contributed by atoms with E-state index in [0.717, 1.165) is 14.9 Å². The van der Waals surface area contributed by atoms with Crippen molar-refractivity contribution in [3.8, 4) is 0 Å². The smallest absolute Gasteiger partial charge is 0.271 e. The minimum absolute atomic E-state index is 0.301. The normalized spacial score (nSPS) is 20.9. The van der Waals surface area contributed by atoms with Gasteiger partial charge in [-0.25, -0.2) is 4.98 Å². The number of hydrogen-bond acceptors (Lipinski definition) is 4. The largest absolute Gasteiger partial charge is 0.285 e. The average molecular weight is 231 g/mol. The molecule has 1 aliphatic carbocycles. The van der Waals surface area contributed by atoms with Crippen LogP contribution in [-0.4, -0.2) is 23.2 Å². The summed E-state index contributed by atoms with van der Waals surface area (Å²) in [5, 5.41) is 0.917. The van der Waals surface area contributed by atoms with Crippen LogP contribution in [0.5, 0.6) is 0 Å². The Labute approximate surface area is 85.4 Å². The van der Waals surface area contributed by atoms with Gasteiger partial charge >= 0.3 is 0 Å². The monoisotopic (exact) mass is 231 g/mol. The highest BCUT2D eigenvalue weighted by atomic mass is 32.2. The first kappa shape index (κ1) is 9.82. The predicted molar refractivity (Wildman–Crippen MR) is 55.0 cm³/mol. The lowest BCUT2D eigenvalue weighted by atomic mass is 10.2. The number of aryl methyl sites for hydroxylation is 1. The lowest BCUT2D eigenvalue weighted by molar-refractivity contribution is 0.477. The molecule has 0 spiro atoms. The van der Waals surface area contributed by atoms with Crippen LogP contribution in [0.2, 0.25) is 0 Å².